The van der Waals surface area contributed by atoms with Gasteiger partial charge in [-0.25, -0.2) is 0 Å². The molecule has 2 rings (SSSR count). The Hall–Kier alpha value is 0.270. The van der Waals surface area contributed by atoms with Crippen LogP contribution in [0.3, 0.4) is 0 Å². The summed E-state index contributed by atoms with van der Waals surface area (Å²) in [6.45, 7) is 8.34. The Morgan fingerprint density at radius 1 is 1.46 bits per heavy atom. The summed E-state index contributed by atoms with van der Waals surface area (Å²) in [5.41, 5.74) is 0. The largest absolute Gasteiger partial charge is 0.303 e. The van der Waals surface area contributed by atoms with E-state index in [2.05, 4.69) is 35.8 Å². The van der Waals surface area contributed by atoms with Crippen molar-refractivity contribution in [1.82, 2.24) is 10.2 Å². The molecule has 0 aromatic carbocycles. The molecule has 0 bridgehead atoms. The molecule has 0 saturated carbocycles. The van der Waals surface area contributed by atoms with Gasteiger partial charge in [0.25, 0.3) is 0 Å². The summed E-state index contributed by atoms with van der Waals surface area (Å²) in [5.74, 6) is 1.30. The fourth-order valence-corrected chi connectivity index (χ4v) is 3.74. The van der Waals surface area contributed by atoms with E-state index < -0.39 is 0 Å². The normalized spacial score (nSPS) is 34.2. The van der Waals surface area contributed by atoms with E-state index in [1.54, 1.807) is 0 Å². The van der Waals surface area contributed by atoms with E-state index in [4.69, 9.17) is 0 Å². The fourth-order valence-electron chi connectivity index (χ4n) is 2.34. The van der Waals surface area contributed by atoms with Crippen LogP contribution in [0, 0.1) is 0 Å². The molecule has 0 radical (unpaired) electrons. The van der Waals surface area contributed by atoms with Crippen LogP contribution in [0.5, 0.6) is 0 Å². The highest BCUT2D eigenvalue weighted by Gasteiger charge is 2.39. The lowest BCUT2D eigenvalue weighted by molar-refractivity contribution is 0.191. The van der Waals surface area contributed by atoms with Crippen molar-refractivity contribution in [3.63, 3.8) is 0 Å². The van der Waals surface area contributed by atoms with E-state index in [0.717, 1.165) is 6.04 Å². The first-order valence-corrected chi connectivity index (χ1v) is 6.37. The van der Waals surface area contributed by atoms with Gasteiger partial charge in [0.05, 0.1) is 4.87 Å². The number of nitrogens with zero attached hydrogens (tertiary/aromatic N) is 1. The molecule has 76 valence electrons. The first kappa shape index (κ1) is 9.81. The lowest BCUT2D eigenvalue weighted by atomic mass is 10.0. The number of rotatable bonds is 1. The molecular weight excluding hydrogens is 180 g/mol. The third-order valence-corrected chi connectivity index (χ3v) is 4.98. The molecule has 2 aliphatic rings. The zero-order valence-corrected chi connectivity index (χ0v) is 9.49. The van der Waals surface area contributed by atoms with Gasteiger partial charge in [0.2, 0.25) is 0 Å². The van der Waals surface area contributed by atoms with E-state index in [1.807, 2.05) is 0 Å². The van der Waals surface area contributed by atoms with Crippen LogP contribution < -0.4 is 5.32 Å². The van der Waals surface area contributed by atoms with Crippen molar-refractivity contribution >= 4 is 11.8 Å². The number of hydrogen-bond acceptors (Lipinski definition) is 3. The molecule has 1 atom stereocenters. The topological polar surface area (TPSA) is 15.3 Å². The number of hydrogen-bond donors (Lipinski definition) is 1. The molecule has 2 fully saturated rings. The maximum Gasteiger partial charge on any atom is 0.0672 e. The van der Waals surface area contributed by atoms with E-state index >= 15 is 0 Å². The Balaban J connectivity index is 1.90. The maximum absolute atomic E-state index is 3.75. The average molecular weight is 200 g/mol. The number of thioether (sulfide) groups is 1. The van der Waals surface area contributed by atoms with E-state index in [0.29, 0.717) is 4.87 Å². The Labute approximate surface area is 85.4 Å². The molecular formula is C10H20N2S. The van der Waals surface area contributed by atoms with E-state index in [9.17, 15) is 0 Å². The fraction of sp³-hybridized carbons (Fsp3) is 1.00. The summed E-state index contributed by atoms with van der Waals surface area (Å²) >= 11 is 2.15. The molecule has 2 aliphatic heterocycles. The molecule has 0 amide bonds. The molecule has 2 saturated heterocycles. The minimum absolute atomic E-state index is 0.449. The molecule has 1 spiro atoms. The monoisotopic (exact) mass is 200 g/mol. The molecule has 0 aromatic heterocycles. The van der Waals surface area contributed by atoms with Crippen molar-refractivity contribution in [2.24, 2.45) is 0 Å². The lowest BCUT2D eigenvalue weighted by Gasteiger charge is -2.38. The maximum atomic E-state index is 3.75. The highest BCUT2D eigenvalue weighted by Crippen LogP contribution is 2.38. The second-order valence-corrected chi connectivity index (χ2v) is 5.69. The summed E-state index contributed by atoms with van der Waals surface area (Å²) in [6, 6.07) is 0.721. The van der Waals surface area contributed by atoms with Gasteiger partial charge >= 0.3 is 0 Å². The van der Waals surface area contributed by atoms with Gasteiger partial charge in [-0.05, 0) is 26.3 Å². The van der Waals surface area contributed by atoms with E-state index in [1.165, 1.54) is 38.2 Å². The van der Waals surface area contributed by atoms with Gasteiger partial charge in [-0.1, -0.05) is 6.92 Å². The number of piperidine rings is 1. The van der Waals surface area contributed by atoms with Crippen LogP contribution in [-0.2, 0) is 0 Å². The van der Waals surface area contributed by atoms with Crippen LogP contribution in [0.1, 0.15) is 26.7 Å². The van der Waals surface area contributed by atoms with Gasteiger partial charge in [0, 0.05) is 24.9 Å². The van der Waals surface area contributed by atoms with Gasteiger partial charge in [-0.2, -0.15) is 0 Å². The lowest BCUT2D eigenvalue weighted by Crippen LogP contribution is -2.49. The molecule has 0 aromatic rings. The van der Waals surface area contributed by atoms with Crippen molar-refractivity contribution in [3.8, 4) is 0 Å². The molecule has 1 N–H and O–H groups in total. The zero-order chi connectivity index (χ0) is 9.31. The quantitative estimate of drug-likeness (QED) is 0.691. The molecule has 13 heavy (non-hydrogen) atoms. The minimum atomic E-state index is 0.449. The van der Waals surface area contributed by atoms with Crippen LogP contribution in [0.2, 0.25) is 0 Å². The van der Waals surface area contributed by atoms with Gasteiger partial charge < -0.3 is 4.90 Å². The van der Waals surface area contributed by atoms with Crippen LogP contribution in [0.15, 0.2) is 0 Å². The Bertz CT molecular complexity index is 176. The standard InChI is InChI=1S/C10H20N2S/c1-3-12-6-4-10(5-7-12)11-9(2)8-13-10/h9,11H,3-8H2,1-2H3. The van der Waals surface area contributed by atoms with Crippen molar-refractivity contribution in [3.05, 3.63) is 0 Å². The Kier molecular flexibility index (Phi) is 2.86. The number of likely N-dealkylation sites (tertiary alicyclic amines) is 1. The predicted octanol–water partition coefficient (Wildman–Crippen LogP) is 1.52. The van der Waals surface area contributed by atoms with Crippen LogP contribution >= 0.6 is 11.8 Å². The van der Waals surface area contributed by atoms with Crippen LogP contribution in [0.25, 0.3) is 0 Å². The third-order valence-electron chi connectivity index (χ3n) is 3.23. The van der Waals surface area contributed by atoms with Crippen molar-refractivity contribution in [2.45, 2.75) is 37.6 Å². The van der Waals surface area contributed by atoms with Crippen molar-refractivity contribution in [2.75, 3.05) is 25.4 Å². The number of nitrogens with one attached hydrogen (secondary N) is 1. The summed E-state index contributed by atoms with van der Waals surface area (Å²) < 4.78 is 0. The van der Waals surface area contributed by atoms with Crippen LogP contribution in [0.4, 0.5) is 0 Å². The Morgan fingerprint density at radius 2 is 2.15 bits per heavy atom. The molecule has 3 heteroatoms. The molecule has 0 aliphatic carbocycles. The smallest absolute Gasteiger partial charge is 0.0672 e. The first-order chi connectivity index (χ1) is 6.24. The summed E-state index contributed by atoms with van der Waals surface area (Å²) in [7, 11) is 0. The van der Waals surface area contributed by atoms with Crippen LogP contribution in [-0.4, -0.2) is 41.2 Å². The van der Waals surface area contributed by atoms with Gasteiger partial charge in [0.1, 0.15) is 0 Å². The molecule has 1 unspecified atom stereocenters. The second kappa shape index (κ2) is 3.79. The summed E-state index contributed by atoms with van der Waals surface area (Å²) in [6.07, 6.45) is 2.66. The van der Waals surface area contributed by atoms with E-state index in [-0.39, 0.29) is 0 Å². The average Bonchev–Trinajstić information content (AvgIpc) is 2.49. The van der Waals surface area contributed by atoms with Gasteiger partial charge in [-0.3, -0.25) is 5.32 Å². The minimum Gasteiger partial charge on any atom is -0.303 e. The molecule has 2 nitrogen and oxygen atoms in total. The zero-order valence-electron chi connectivity index (χ0n) is 8.68. The third kappa shape index (κ3) is 2.03. The van der Waals surface area contributed by atoms with Gasteiger partial charge in [-0.15, -0.1) is 11.8 Å². The highest BCUT2D eigenvalue weighted by atomic mass is 32.2. The van der Waals surface area contributed by atoms with Crippen molar-refractivity contribution < 1.29 is 0 Å². The molecule has 2 heterocycles. The highest BCUT2D eigenvalue weighted by molar-refractivity contribution is 8.00. The van der Waals surface area contributed by atoms with Crippen molar-refractivity contribution in [1.29, 1.82) is 0 Å². The summed E-state index contributed by atoms with van der Waals surface area (Å²) in [5, 5.41) is 3.75. The first-order valence-electron chi connectivity index (χ1n) is 5.38. The second-order valence-electron chi connectivity index (χ2n) is 4.28. The SMILES string of the molecule is CCN1CCC2(CC1)NC(C)CS2. The predicted molar refractivity (Wildman–Crippen MR) is 59.1 cm³/mol. The Morgan fingerprint density at radius 3 is 2.62 bits per heavy atom. The summed E-state index contributed by atoms with van der Waals surface area (Å²) in [4.78, 5) is 3.00. The van der Waals surface area contributed by atoms with Gasteiger partial charge in [0.15, 0.2) is 0 Å².